The molecule has 0 radical (unpaired) electrons. The van der Waals surface area contributed by atoms with Crippen LogP contribution in [0.5, 0.6) is 0 Å². The molecule has 4 fully saturated rings. The van der Waals surface area contributed by atoms with E-state index in [9.17, 15) is 0 Å². The molecule has 0 heterocycles. The third-order valence-corrected chi connectivity index (χ3v) is 16.9. The summed E-state index contributed by atoms with van der Waals surface area (Å²) < 4.78 is 13.9. The van der Waals surface area contributed by atoms with Crippen LogP contribution < -0.4 is 0 Å². The van der Waals surface area contributed by atoms with Crippen LogP contribution in [-0.4, -0.2) is 30.6 Å². The molecule has 0 N–H and O–H groups in total. The fourth-order valence-corrected chi connectivity index (χ4v) is 13.3. The van der Waals surface area contributed by atoms with Gasteiger partial charge in [0.25, 0.3) is 8.65 Å². The molecule has 4 aliphatic rings. The van der Waals surface area contributed by atoms with Crippen LogP contribution in [0.25, 0.3) is 0 Å². The predicted molar refractivity (Wildman–Crippen MR) is 120 cm³/mol. The SMILES string of the molecule is C/[Si](O[Si](C)(C)C)=C(\O[Si](C)(C)C(C)(C)C)C12CC3CC(CC(C3)C1)C2. The Morgan fingerprint density at radius 3 is 1.65 bits per heavy atom. The molecule has 0 aromatic carbocycles. The Hall–Kier alpha value is 0.121. The summed E-state index contributed by atoms with van der Waals surface area (Å²) in [5.74, 6) is 2.88. The van der Waals surface area contributed by atoms with E-state index in [1.807, 2.05) is 0 Å². The largest absolute Gasteiger partial charge is 0.604 e. The Morgan fingerprint density at radius 2 is 1.31 bits per heavy atom. The molecule has 0 amide bonds. The Morgan fingerprint density at radius 1 is 0.885 bits per heavy atom. The van der Waals surface area contributed by atoms with Crippen molar-refractivity contribution in [3.63, 3.8) is 0 Å². The maximum atomic E-state index is 7.19. The minimum absolute atomic E-state index is 0.252. The van der Waals surface area contributed by atoms with E-state index < -0.39 is 25.3 Å². The highest BCUT2D eigenvalue weighted by atomic mass is 28.4. The molecule has 4 aliphatic carbocycles. The topological polar surface area (TPSA) is 18.5 Å². The molecular weight excluding hydrogens is 368 g/mol. The van der Waals surface area contributed by atoms with Gasteiger partial charge in [-0.25, -0.2) is 0 Å². The van der Waals surface area contributed by atoms with E-state index in [0.717, 1.165) is 17.8 Å². The Balaban J connectivity index is 2.00. The molecule has 0 atom stereocenters. The highest BCUT2D eigenvalue weighted by molar-refractivity contribution is 6.83. The van der Waals surface area contributed by atoms with Crippen LogP contribution in [0.4, 0.5) is 0 Å². The maximum absolute atomic E-state index is 7.19. The second-order valence-corrected chi connectivity index (χ2v) is 23.5. The van der Waals surface area contributed by atoms with Gasteiger partial charge in [0, 0.05) is 5.41 Å². The maximum Gasteiger partial charge on any atom is 0.253 e. The summed E-state index contributed by atoms with van der Waals surface area (Å²) in [6.45, 7) is 21.4. The van der Waals surface area contributed by atoms with Crippen LogP contribution in [0, 0.1) is 23.2 Å². The van der Waals surface area contributed by atoms with E-state index in [0.29, 0.717) is 5.41 Å². The molecule has 4 rings (SSSR count). The minimum atomic E-state index is -1.83. The van der Waals surface area contributed by atoms with Gasteiger partial charge in [-0.3, -0.25) is 0 Å². The normalized spacial score (nSPS) is 35.3. The van der Waals surface area contributed by atoms with Gasteiger partial charge < -0.3 is 8.54 Å². The minimum Gasteiger partial charge on any atom is -0.604 e. The lowest BCUT2D eigenvalue weighted by atomic mass is 9.50. The van der Waals surface area contributed by atoms with Crippen molar-refractivity contribution in [2.24, 2.45) is 23.2 Å². The lowest BCUT2D eigenvalue weighted by Crippen LogP contribution is -2.56. The summed E-state index contributed by atoms with van der Waals surface area (Å²) in [6, 6.07) is 0. The Bertz CT molecular complexity index is 546. The summed E-state index contributed by atoms with van der Waals surface area (Å²) in [4.78, 5) is 0. The molecule has 150 valence electrons. The zero-order valence-electron chi connectivity index (χ0n) is 18.8. The summed E-state index contributed by atoms with van der Waals surface area (Å²) in [5.41, 5.74) is 0.354. The molecule has 0 unspecified atom stereocenters. The van der Waals surface area contributed by atoms with E-state index in [4.69, 9.17) is 8.54 Å². The van der Waals surface area contributed by atoms with Gasteiger partial charge in [0.1, 0.15) is 5.35 Å². The lowest BCUT2D eigenvalue weighted by Gasteiger charge is -2.58. The van der Waals surface area contributed by atoms with Gasteiger partial charge in [0.05, 0.1) is 0 Å². The first-order valence-electron chi connectivity index (χ1n) is 10.8. The summed E-state index contributed by atoms with van der Waals surface area (Å²) in [5, 5.41) is 1.72. The molecule has 26 heavy (non-hydrogen) atoms. The molecule has 0 spiro atoms. The van der Waals surface area contributed by atoms with E-state index in [2.05, 4.69) is 60.1 Å². The van der Waals surface area contributed by atoms with E-state index in [-0.39, 0.29) is 5.04 Å². The van der Waals surface area contributed by atoms with E-state index in [1.54, 1.807) is 0 Å². The highest BCUT2D eigenvalue weighted by Crippen LogP contribution is 2.61. The molecule has 4 bridgehead atoms. The molecule has 2 nitrogen and oxygen atoms in total. The van der Waals surface area contributed by atoms with Crippen molar-refractivity contribution in [2.45, 2.75) is 104 Å². The standard InChI is InChI=1S/C21H42O2Si3/c1-20(2,3)26(8,9)22-19(24(4)23-25(5,6)7)21-13-16-10-17(14-21)12-18(11-16)15-21/h16-18H,10-15H2,1-9H3/b24-19+. The first-order valence-corrected chi connectivity index (χ1v) is 19.0. The van der Waals surface area contributed by atoms with Crippen LogP contribution in [-0.2, 0) is 8.54 Å². The van der Waals surface area contributed by atoms with Crippen molar-refractivity contribution < 1.29 is 8.54 Å². The molecule has 4 saturated carbocycles. The number of hydrogen-bond donors (Lipinski definition) is 0. The van der Waals surface area contributed by atoms with Crippen LogP contribution >= 0.6 is 0 Å². The van der Waals surface area contributed by atoms with E-state index >= 15 is 0 Å². The molecular formula is C21H42O2Si3. The zero-order valence-corrected chi connectivity index (χ0v) is 21.8. The highest BCUT2D eigenvalue weighted by Gasteiger charge is 2.55. The van der Waals surface area contributed by atoms with Gasteiger partial charge in [-0.2, -0.15) is 0 Å². The first kappa shape index (κ1) is 20.8. The van der Waals surface area contributed by atoms with Gasteiger partial charge in [-0.05, 0) is 101 Å². The van der Waals surface area contributed by atoms with Crippen molar-refractivity contribution in [3.8, 4) is 0 Å². The quantitative estimate of drug-likeness (QED) is 0.487. The Labute approximate surface area is 166 Å². The smallest absolute Gasteiger partial charge is 0.253 e. The second kappa shape index (κ2) is 6.58. The molecule has 0 aromatic rings. The first-order chi connectivity index (χ1) is 11.7. The van der Waals surface area contributed by atoms with Crippen LogP contribution in [0.1, 0.15) is 59.3 Å². The molecule has 0 aliphatic heterocycles. The predicted octanol–water partition coefficient (Wildman–Crippen LogP) is 6.41. The molecule has 0 aromatic heterocycles. The molecule has 5 heteroatoms. The van der Waals surface area contributed by atoms with Crippen molar-refractivity contribution in [3.05, 3.63) is 0 Å². The second-order valence-electron chi connectivity index (χ2n) is 12.2. The van der Waals surface area contributed by atoms with Gasteiger partial charge >= 0.3 is 0 Å². The van der Waals surface area contributed by atoms with Gasteiger partial charge in [0.15, 0.2) is 0 Å². The third-order valence-electron chi connectivity index (χ3n) is 7.46. The molecule has 0 saturated heterocycles. The van der Waals surface area contributed by atoms with Crippen LogP contribution in [0.15, 0.2) is 0 Å². The van der Waals surface area contributed by atoms with Crippen LogP contribution in [0.3, 0.4) is 0 Å². The average Bonchev–Trinajstić information content (AvgIpc) is 2.39. The van der Waals surface area contributed by atoms with Crippen molar-refractivity contribution in [2.75, 3.05) is 0 Å². The third kappa shape index (κ3) is 4.09. The number of rotatable bonds is 5. The van der Waals surface area contributed by atoms with Gasteiger partial charge in [-0.1, -0.05) is 20.8 Å². The summed E-state index contributed by atoms with van der Waals surface area (Å²) in [6.07, 6.45) is 8.65. The van der Waals surface area contributed by atoms with Crippen molar-refractivity contribution in [1.82, 2.24) is 0 Å². The number of hydrogen-bond acceptors (Lipinski definition) is 2. The van der Waals surface area contributed by atoms with Crippen molar-refractivity contribution >= 4 is 30.6 Å². The van der Waals surface area contributed by atoms with E-state index in [1.165, 1.54) is 43.9 Å². The van der Waals surface area contributed by atoms with Crippen LogP contribution in [0.2, 0.25) is 44.3 Å². The monoisotopic (exact) mass is 410 g/mol. The lowest BCUT2D eigenvalue weighted by molar-refractivity contribution is -0.0187. The fraction of sp³-hybridized carbons (Fsp3) is 0.952. The zero-order chi connectivity index (χ0) is 19.5. The van der Waals surface area contributed by atoms with Crippen molar-refractivity contribution in [1.29, 1.82) is 0 Å². The van der Waals surface area contributed by atoms with Gasteiger partial charge in [0.2, 0.25) is 16.6 Å². The van der Waals surface area contributed by atoms with Gasteiger partial charge in [-0.15, -0.1) is 0 Å². The average molecular weight is 411 g/mol. The fourth-order valence-electron chi connectivity index (χ4n) is 5.86. The summed E-state index contributed by atoms with van der Waals surface area (Å²) >= 11 is 0. The Kier molecular flexibility index (Phi) is 5.28. The summed E-state index contributed by atoms with van der Waals surface area (Å²) in [7, 11) is -4.44.